The van der Waals surface area contributed by atoms with Gasteiger partial charge in [-0.3, -0.25) is 4.98 Å². The summed E-state index contributed by atoms with van der Waals surface area (Å²) in [6, 6.07) is 22.7. The van der Waals surface area contributed by atoms with Gasteiger partial charge in [0.25, 0.3) is 0 Å². The summed E-state index contributed by atoms with van der Waals surface area (Å²) in [5.41, 5.74) is 6.24. The van der Waals surface area contributed by atoms with Gasteiger partial charge in [0.05, 0.1) is 21.8 Å². The maximum Gasteiger partial charge on any atom is 0.172 e. The van der Waals surface area contributed by atoms with Crippen LogP contribution in [0.25, 0.3) is 22.0 Å². The van der Waals surface area contributed by atoms with Crippen molar-refractivity contribution in [1.82, 2.24) is 19.4 Å². The minimum atomic E-state index is 0.468. The molecule has 0 aliphatic carbocycles. The average molecular weight is 525 g/mol. The lowest BCUT2D eigenvalue weighted by atomic mass is 10.0. The first kappa shape index (κ1) is 24.8. The second-order valence-electron chi connectivity index (χ2n) is 9.02. The third-order valence-corrected chi connectivity index (χ3v) is 7.53. The molecule has 1 N–H and O–H groups in total. The molecule has 37 heavy (non-hydrogen) atoms. The summed E-state index contributed by atoms with van der Waals surface area (Å²) in [6.07, 6.45) is 5.27. The predicted octanol–water partition coefficient (Wildman–Crippen LogP) is 7.12. The zero-order valence-corrected chi connectivity index (χ0v) is 22.3. The highest BCUT2D eigenvalue weighted by molar-refractivity contribution is 7.99. The molecule has 0 fully saturated rings. The Morgan fingerprint density at radius 3 is 2.49 bits per heavy atom. The second-order valence-corrected chi connectivity index (χ2v) is 10.4. The number of halogens is 1. The molecule has 0 atom stereocenters. The molecule has 0 saturated carbocycles. The van der Waals surface area contributed by atoms with Crippen LogP contribution < -0.4 is 5.32 Å². The number of aryl methyl sites for hydroxylation is 1. The van der Waals surface area contributed by atoms with Crippen molar-refractivity contribution in [2.75, 3.05) is 19.4 Å². The average Bonchev–Trinajstić information content (AvgIpc) is 3.29. The Labute approximate surface area is 225 Å². The van der Waals surface area contributed by atoms with Crippen molar-refractivity contribution in [3.8, 4) is 17.2 Å². The van der Waals surface area contributed by atoms with E-state index in [0.717, 1.165) is 44.3 Å². The van der Waals surface area contributed by atoms with Gasteiger partial charge in [-0.05, 0) is 55.1 Å². The molecule has 0 amide bonds. The zero-order chi connectivity index (χ0) is 25.9. The number of rotatable bonds is 7. The number of anilines is 2. The first-order valence-corrected chi connectivity index (χ1v) is 12.9. The molecule has 184 valence electrons. The minimum absolute atomic E-state index is 0.468. The number of hydrogen-bond donors (Lipinski definition) is 1. The van der Waals surface area contributed by atoms with Gasteiger partial charge in [-0.2, -0.15) is 5.26 Å². The summed E-state index contributed by atoms with van der Waals surface area (Å²) in [5, 5.41) is 15.5. The molecule has 0 aliphatic heterocycles. The van der Waals surface area contributed by atoms with Crippen molar-refractivity contribution < 1.29 is 0 Å². The Kier molecular flexibility index (Phi) is 7.15. The molecule has 3 aromatic carbocycles. The van der Waals surface area contributed by atoms with E-state index in [2.05, 4.69) is 76.7 Å². The van der Waals surface area contributed by atoms with E-state index in [1.165, 1.54) is 17.3 Å². The van der Waals surface area contributed by atoms with Gasteiger partial charge in [0.1, 0.15) is 6.07 Å². The molecule has 0 bridgehead atoms. The molecular weight excluding hydrogens is 500 g/mol. The molecule has 0 radical (unpaired) electrons. The molecule has 5 rings (SSSR count). The topological polar surface area (TPSA) is 69.8 Å². The van der Waals surface area contributed by atoms with Crippen LogP contribution in [0, 0.1) is 11.3 Å². The molecule has 0 saturated heterocycles. The van der Waals surface area contributed by atoms with Gasteiger partial charge in [-0.25, -0.2) is 4.98 Å². The third-order valence-electron chi connectivity index (χ3n) is 5.96. The molecule has 2 aromatic heterocycles. The molecular formula is C29H25ClN6S. The highest BCUT2D eigenvalue weighted by Crippen LogP contribution is 2.36. The number of fused-ring (bicyclic) bond motifs is 1. The molecule has 2 heterocycles. The lowest BCUT2D eigenvalue weighted by Crippen LogP contribution is -2.10. The first-order chi connectivity index (χ1) is 17.9. The monoisotopic (exact) mass is 524 g/mol. The van der Waals surface area contributed by atoms with E-state index in [0.29, 0.717) is 16.3 Å². The quantitative estimate of drug-likeness (QED) is 0.244. The summed E-state index contributed by atoms with van der Waals surface area (Å²) in [7, 11) is 6.07. The Hall–Kier alpha value is -3.83. The zero-order valence-electron chi connectivity index (χ0n) is 20.7. The van der Waals surface area contributed by atoms with Crippen LogP contribution in [0.15, 0.2) is 89.3 Å². The summed E-state index contributed by atoms with van der Waals surface area (Å²) in [5.74, 6) is 0. The maximum absolute atomic E-state index is 9.77. The highest BCUT2D eigenvalue weighted by atomic mass is 35.5. The van der Waals surface area contributed by atoms with Crippen LogP contribution in [-0.4, -0.2) is 33.5 Å². The molecule has 6 nitrogen and oxygen atoms in total. The lowest BCUT2D eigenvalue weighted by Gasteiger charge is -2.14. The van der Waals surface area contributed by atoms with Gasteiger partial charge < -0.3 is 14.8 Å². The fourth-order valence-corrected chi connectivity index (χ4v) is 5.22. The van der Waals surface area contributed by atoms with E-state index < -0.39 is 0 Å². The summed E-state index contributed by atoms with van der Waals surface area (Å²) >= 11 is 8.11. The van der Waals surface area contributed by atoms with Crippen LogP contribution in [0.3, 0.4) is 0 Å². The fourth-order valence-electron chi connectivity index (χ4n) is 4.11. The maximum atomic E-state index is 9.77. The fraction of sp³-hybridized carbons (Fsp3) is 0.138. The van der Waals surface area contributed by atoms with Crippen LogP contribution in [0.4, 0.5) is 11.4 Å². The van der Waals surface area contributed by atoms with E-state index >= 15 is 0 Å². The van der Waals surface area contributed by atoms with Crippen LogP contribution in [-0.2, 0) is 13.6 Å². The van der Waals surface area contributed by atoms with E-state index in [-0.39, 0.29) is 0 Å². The normalized spacial score (nSPS) is 11.1. The molecule has 5 aromatic rings. The van der Waals surface area contributed by atoms with Gasteiger partial charge >= 0.3 is 0 Å². The Morgan fingerprint density at radius 1 is 1.03 bits per heavy atom. The Morgan fingerprint density at radius 2 is 1.81 bits per heavy atom. The van der Waals surface area contributed by atoms with Crippen molar-refractivity contribution in [1.29, 1.82) is 5.26 Å². The number of nitriles is 1. The van der Waals surface area contributed by atoms with E-state index in [4.69, 9.17) is 11.6 Å². The summed E-state index contributed by atoms with van der Waals surface area (Å²) in [4.78, 5) is 12.0. The predicted molar refractivity (Wildman–Crippen MR) is 151 cm³/mol. The molecule has 0 spiro atoms. The van der Waals surface area contributed by atoms with Gasteiger partial charge in [0.2, 0.25) is 0 Å². The van der Waals surface area contributed by atoms with Crippen molar-refractivity contribution >= 4 is 45.6 Å². The summed E-state index contributed by atoms with van der Waals surface area (Å²) < 4.78 is 1.95. The van der Waals surface area contributed by atoms with Gasteiger partial charge in [-0.1, -0.05) is 59.8 Å². The van der Waals surface area contributed by atoms with Gasteiger partial charge in [-0.15, -0.1) is 0 Å². The number of aromatic nitrogens is 3. The molecule has 0 aliphatic rings. The van der Waals surface area contributed by atoms with Crippen molar-refractivity contribution in [2.24, 2.45) is 7.05 Å². The highest BCUT2D eigenvalue weighted by Gasteiger charge is 2.13. The van der Waals surface area contributed by atoms with E-state index in [9.17, 15) is 5.26 Å². The van der Waals surface area contributed by atoms with Crippen molar-refractivity contribution in [2.45, 2.75) is 16.6 Å². The third kappa shape index (κ3) is 5.47. The van der Waals surface area contributed by atoms with E-state index in [1.807, 2.05) is 42.1 Å². The number of nitrogens with one attached hydrogen (secondary N) is 1. The Balaban J connectivity index is 1.44. The minimum Gasteiger partial charge on any atom is -0.354 e. The van der Waals surface area contributed by atoms with Gasteiger partial charge in [0, 0.05) is 48.2 Å². The smallest absolute Gasteiger partial charge is 0.172 e. The molecule has 0 unspecified atom stereocenters. The number of pyridine rings is 1. The standard InChI is InChI=1S/C29H25ClN6S/c1-35(2)18-19-4-6-20(7-5-19)21-8-10-24-26(14-21)33-17-22(16-31)28(24)34-23-9-11-27(25(30)15-23)37-29-32-12-13-36(29)3/h4-15,17H,18H2,1-3H3,(H,33,34). The van der Waals surface area contributed by atoms with Crippen LogP contribution >= 0.6 is 23.4 Å². The lowest BCUT2D eigenvalue weighted by molar-refractivity contribution is 0.402. The van der Waals surface area contributed by atoms with Crippen LogP contribution in [0.5, 0.6) is 0 Å². The van der Waals surface area contributed by atoms with Crippen LogP contribution in [0.1, 0.15) is 11.1 Å². The Bertz CT molecular complexity index is 1620. The largest absolute Gasteiger partial charge is 0.354 e. The second kappa shape index (κ2) is 10.7. The van der Waals surface area contributed by atoms with Gasteiger partial charge in [0.15, 0.2) is 5.16 Å². The van der Waals surface area contributed by atoms with Crippen molar-refractivity contribution in [3.05, 3.63) is 95.4 Å². The number of imidazole rings is 1. The number of hydrogen-bond acceptors (Lipinski definition) is 6. The van der Waals surface area contributed by atoms with Crippen molar-refractivity contribution in [3.63, 3.8) is 0 Å². The number of nitrogens with zero attached hydrogens (tertiary/aromatic N) is 5. The first-order valence-electron chi connectivity index (χ1n) is 11.7. The van der Waals surface area contributed by atoms with E-state index in [1.54, 1.807) is 12.4 Å². The SMILES string of the molecule is CN(C)Cc1ccc(-c2ccc3c(Nc4ccc(Sc5nccn5C)c(Cl)c4)c(C#N)cnc3c2)cc1. The summed E-state index contributed by atoms with van der Waals surface area (Å²) in [6.45, 7) is 0.901. The number of benzene rings is 3. The molecule has 8 heteroatoms. The van der Waals surface area contributed by atoms with Crippen LogP contribution in [0.2, 0.25) is 5.02 Å².